The van der Waals surface area contributed by atoms with Gasteiger partial charge in [0.1, 0.15) is 6.10 Å². The van der Waals surface area contributed by atoms with Gasteiger partial charge in [0.2, 0.25) is 5.91 Å². The van der Waals surface area contributed by atoms with Crippen molar-refractivity contribution in [2.45, 2.75) is 45.3 Å². The minimum Gasteiger partial charge on any atom is -0.463 e. The highest BCUT2D eigenvalue weighted by molar-refractivity contribution is 6.08. The molecule has 4 rings (SSSR count). The van der Waals surface area contributed by atoms with Gasteiger partial charge in [0.25, 0.3) is 5.91 Å². The number of nitrogens with zero attached hydrogens (tertiary/aromatic N) is 1. The van der Waals surface area contributed by atoms with Crippen LogP contribution in [0.15, 0.2) is 12.2 Å². The number of esters is 1. The van der Waals surface area contributed by atoms with Gasteiger partial charge in [0.05, 0.1) is 12.0 Å². The molecule has 1 aliphatic heterocycles. The van der Waals surface area contributed by atoms with Crippen molar-refractivity contribution in [3.05, 3.63) is 12.2 Å². The lowest BCUT2D eigenvalue weighted by Crippen LogP contribution is -2.67. The first-order chi connectivity index (χ1) is 10.4. The van der Waals surface area contributed by atoms with Crippen LogP contribution in [-0.4, -0.2) is 34.8 Å². The summed E-state index contributed by atoms with van der Waals surface area (Å²) in [6.07, 6.45) is 2.81. The van der Waals surface area contributed by atoms with Gasteiger partial charge in [-0.25, -0.2) is 0 Å². The number of imide groups is 1. The molecular formula is C17H21NO4. The number of hydrogen-bond acceptors (Lipinski definition) is 4. The summed E-state index contributed by atoms with van der Waals surface area (Å²) in [6, 6.07) is 0.0685. The molecule has 22 heavy (non-hydrogen) atoms. The van der Waals surface area contributed by atoms with Gasteiger partial charge >= 0.3 is 5.97 Å². The maximum atomic E-state index is 12.4. The van der Waals surface area contributed by atoms with E-state index in [9.17, 15) is 14.4 Å². The summed E-state index contributed by atoms with van der Waals surface area (Å²) in [5.41, 5.74) is 0.426. The van der Waals surface area contributed by atoms with Crippen LogP contribution in [0.1, 0.15) is 33.1 Å². The molecule has 5 heteroatoms. The van der Waals surface area contributed by atoms with Gasteiger partial charge in [-0.1, -0.05) is 6.58 Å². The van der Waals surface area contributed by atoms with Gasteiger partial charge in [-0.15, -0.1) is 0 Å². The zero-order valence-corrected chi connectivity index (χ0v) is 13.0. The fraction of sp³-hybridized carbons (Fsp3) is 0.706. The molecule has 118 valence electrons. The lowest BCUT2D eigenvalue weighted by molar-refractivity contribution is -0.171. The van der Waals surface area contributed by atoms with Gasteiger partial charge in [-0.05, 0) is 49.9 Å². The molecule has 0 spiro atoms. The second-order valence-corrected chi connectivity index (χ2v) is 7.40. The molecule has 2 amide bonds. The number of likely N-dealkylation sites (tertiary alicyclic amines) is 1. The Labute approximate surface area is 129 Å². The van der Waals surface area contributed by atoms with E-state index in [1.807, 2.05) is 0 Å². The highest BCUT2D eigenvalue weighted by Crippen LogP contribution is 2.65. The molecule has 1 heterocycles. The summed E-state index contributed by atoms with van der Waals surface area (Å²) in [7, 11) is 0. The van der Waals surface area contributed by atoms with E-state index in [-0.39, 0.29) is 35.8 Å². The number of hydrogen-bond donors (Lipinski definition) is 0. The largest absolute Gasteiger partial charge is 0.463 e. The minimum absolute atomic E-state index is 0.00399. The van der Waals surface area contributed by atoms with Crippen LogP contribution in [0.3, 0.4) is 0 Å². The zero-order valence-electron chi connectivity index (χ0n) is 13.0. The average molecular weight is 303 g/mol. The molecule has 1 saturated heterocycles. The molecular weight excluding hydrogens is 282 g/mol. The van der Waals surface area contributed by atoms with E-state index in [4.69, 9.17) is 4.74 Å². The van der Waals surface area contributed by atoms with Crippen molar-refractivity contribution in [1.82, 2.24) is 4.90 Å². The highest BCUT2D eigenvalue weighted by atomic mass is 16.5. The number of fused-ring (bicyclic) bond motifs is 8. The lowest BCUT2D eigenvalue weighted by atomic mass is 9.67. The molecule has 7 unspecified atom stereocenters. The van der Waals surface area contributed by atoms with E-state index in [2.05, 4.69) is 6.58 Å². The quantitative estimate of drug-likeness (QED) is 0.441. The Balaban J connectivity index is 1.54. The molecule has 7 atom stereocenters. The van der Waals surface area contributed by atoms with Crippen molar-refractivity contribution in [2.24, 2.45) is 29.6 Å². The van der Waals surface area contributed by atoms with E-state index in [0.717, 1.165) is 19.3 Å². The first-order valence-electron chi connectivity index (χ1n) is 8.10. The Morgan fingerprint density at radius 3 is 2.32 bits per heavy atom. The fourth-order valence-corrected chi connectivity index (χ4v) is 5.71. The van der Waals surface area contributed by atoms with Crippen LogP contribution in [-0.2, 0) is 19.1 Å². The second kappa shape index (κ2) is 4.43. The van der Waals surface area contributed by atoms with Gasteiger partial charge in [-0.2, -0.15) is 0 Å². The average Bonchev–Trinajstić information content (AvgIpc) is 3.04. The van der Waals surface area contributed by atoms with Crippen LogP contribution in [0.5, 0.6) is 0 Å². The number of ether oxygens (including phenoxy) is 1. The molecule has 0 N–H and O–H groups in total. The third-order valence-corrected chi connectivity index (χ3v) is 6.27. The van der Waals surface area contributed by atoms with Crippen molar-refractivity contribution < 1.29 is 19.1 Å². The molecule has 2 bridgehead atoms. The number of carbonyl (C=O) groups excluding carboxylic acids is 3. The molecule has 4 aliphatic rings. The SMILES string of the molecule is C=C(C)C(=O)N1C(=O)C2C3CC(C4CC(OC(C)=O)CC43)C21. The van der Waals surface area contributed by atoms with Crippen molar-refractivity contribution in [1.29, 1.82) is 0 Å². The summed E-state index contributed by atoms with van der Waals surface area (Å²) < 4.78 is 5.38. The number of carbonyl (C=O) groups is 3. The van der Waals surface area contributed by atoms with E-state index in [1.54, 1.807) is 6.92 Å². The maximum Gasteiger partial charge on any atom is 0.302 e. The predicted octanol–water partition coefficient (Wildman–Crippen LogP) is 1.52. The standard InChI is InChI=1S/C17H21NO4/c1-7(2)16(20)18-15-13-6-12(14(15)17(18)21)10-4-9(5-11(10)13)22-8(3)19/h9-15H,1,4-6H2,2-3H3. The molecule has 4 fully saturated rings. The normalized spacial score (nSPS) is 44.4. The summed E-state index contributed by atoms with van der Waals surface area (Å²) >= 11 is 0. The van der Waals surface area contributed by atoms with Crippen LogP contribution in [0.25, 0.3) is 0 Å². The van der Waals surface area contributed by atoms with Crippen molar-refractivity contribution in [3.8, 4) is 0 Å². The van der Waals surface area contributed by atoms with E-state index in [1.165, 1.54) is 11.8 Å². The molecule has 3 aliphatic carbocycles. The van der Waals surface area contributed by atoms with E-state index < -0.39 is 0 Å². The van der Waals surface area contributed by atoms with E-state index in [0.29, 0.717) is 29.2 Å². The van der Waals surface area contributed by atoms with Gasteiger partial charge in [0.15, 0.2) is 0 Å². The van der Waals surface area contributed by atoms with Crippen LogP contribution < -0.4 is 0 Å². The van der Waals surface area contributed by atoms with Crippen molar-refractivity contribution in [2.75, 3.05) is 0 Å². The lowest BCUT2D eigenvalue weighted by Gasteiger charge is -2.51. The Bertz CT molecular complexity index is 597. The zero-order chi connectivity index (χ0) is 15.8. The summed E-state index contributed by atoms with van der Waals surface area (Å²) in [4.78, 5) is 37.2. The third kappa shape index (κ3) is 1.62. The summed E-state index contributed by atoms with van der Waals surface area (Å²) in [6.45, 7) is 6.78. The van der Waals surface area contributed by atoms with E-state index >= 15 is 0 Å². The molecule has 3 saturated carbocycles. The Hall–Kier alpha value is -1.65. The fourth-order valence-electron chi connectivity index (χ4n) is 5.71. The Kier molecular flexibility index (Phi) is 2.81. The molecule has 0 aromatic carbocycles. The van der Waals surface area contributed by atoms with Gasteiger partial charge < -0.3 is 4.74 Å². The van der Waals surface area contributed by atoms with Gasteiger partial charge in [0, 0.05) is 12.5 Å². The Morgan fingerprint density at radius 1 is 1.09 bits per heavy atom. The molecule has 5 nitrogen and oxygen atoms in total. The molecule has 0 aromatic rings. The number of β-lactam (4-membered cyclic amide) rings is 1. The van der Waals surface area contributed by atoms with Crippen molar-refractivity contribution in [3.63, 3.8) is 0 Å². The first kappa shape index (κ1) is 14.0. The molecule has 0 aromatic heterocycles. The van der Waals surface area contributed by atoms with Crippen LogP contribution in [0.4, 0.5) is 0 Å². The monoisotopic (exact) mass is 303 g/mol. The predicted molar refractivity (Wildman–Crippen MR) is 77.3 cm³/mol. The Morgan fingerprint density at radius 2 is 1.73 bits per heavy atom. The number of rotatable bonds is 2. The van der Waals surface area contributed by atoms with Crippen LogP contribution >= 0.6 is 0 Å². The van der Waals surface area contributed by atoms with Crippen molar-refractivity contribution >= 4 is 17.8 Å². The molecule has 0 radical (unpaired) electrons. The topological polar surface area (TPSA) is 63.7 Å². The number of amides is 2. The highest BCUT2D eigenvalue weighted by Gasteiger charge is 2.70. The summed E-state index contributed by atoms with van der Waals surface area (Å²) in [5.74, 6) is 1.31. The van der Waals surface area contributed by atoms with Crippen LogP contribution in [0, 0.1) is 29.6 Å². The maximum absolute atomic E-state index is 12.4. The first-order valence-corrected chi connectivity index (χ1v) is 8.10. The second-order valence-electron chi connectivity index (χ2n) is 7.40. The van der Waals surface area contributed by atoms with Gasteiger partial charge in [-0.3, -0.25) is 19.3 Å². The smallest absolute Gasteiger partial charge is 0.302 e. The van der Waals surface area contributed by atoms with Crippen LogP contribution in [0.2, 0.25) is 0 Å². The third-order valence-electron chi connectivity index (χ3n) is 6.27. The summed E-state index contributed by atoms with van der Waals surface area (Å²) in [5, 5.41) is 0. The minimum atomic E-state index is -0.226.